The van der Waals surface area contributed by atoms with E-state index in [9.17, 15) is 0 Å². The third-order valence-electron chi connectivity index (χ3n) is 5.61. The lowest BCUT2D eigenvalue weighted by Crippen LogP contribution is -2.52. The first kappa shape index (κ1) is 25.3. The van der Waals surface area contributed by atoms with Gasteiger partial charge in [0.15, 0.2) is 5.96 Å². The first-order valence-corrected chi connectivity index (χ1v) is 10.5. The minimum absolute atomic E-state index is 0. The fourth-order valence-electron chi connectivity index (χ4n) is 4.00. The second-order valence-corrected chi connectivity index (χ2v) is 7.98. The number of piperidine rings is 1. The average molecular weight is 541 g/mol. The molecular weight excluding hydrogens is 505 g/mol. The van der Waals surface area contributed by atoms with E-state index in [1.807, 2.05) is 37.1 Å². The SMILES string of the molecule is CN=C(NCC(c1cnn(C)c1)N(C)C)NC1CCCN(c2ccccc2OC)C1.I. The zero-order valence-electron chi connectivity index (χ0n) is 19.2. The summed E-state index contributed by atoms with van der Waals surface area (Å²) in [4.78, 5) is 9.05. The number of guanidine groups is 1. The van der Waals surface area contributed by atoms with Crippen LogP contribution in [0.25, 0.3) is 0 Å². The third-order valence-corrected chi connectivity index (χ3v) is 5.61. The van der Waals surface area contributed by atoms with Crippen LogP contribution in [0.4, 0.5) is 5.69 Å². The monoisotopic (exact) mass is 541 g/mol. The molecule has 2 heterocycles. The molecule has 172 valence electrons. The van der Waals surface area contributed by atoms with E-state index in [0.717, 1.165) is 49.9 Å². The molecule has 1 aliphatic rings. The predicted octanol–water partition coefficient (Wildman–Crippen LogP) is 2.48. The van der Waals surface area contributed by atoms with Crippen LogP contribution < -0.4 is 20.3 Å². The van der Waals surface area contributed by atoms with Crippen molar-refractivity contribution in [1.29, 1.82) is 0 Å². The smallest absolute Gasteiger partial charge is 0.191 e. The molecule has 1 saturated heterocycles. The lowest BCUT2D eigenvalue weighted by atomic mass is 10.0. The molecule has 1 fully saturated rings. The van der Waals surface area contributed by atoms with Gasteiger partial charge in [0.05, 0.1) is 25.0 Å². The normalized spacial score (nSPS) is 17.8. The molecule has 1 aliphatic heterocycles. The van der Waals surface area contributed by atoms with Gasteiger partial charge in [0.25, 0.3) is 0 Å². The van der Waals surface area contributed by atoms with Gasteiger partial charge in [0.2, 0.25) is 0 Å². The number of aromatic nitrogens is 2. The number of aryl methyl sites for hydroxylation is 1. The number of aliphatic imine (C=N–C) groups is 1. The molecule has 0 radical (unpaired) electrons. The minimum atomic E-state index is 0. The van der Waals surface area contributed by atoms with Crippen LogP contribution in [-0.4, -0.2) is 74.6 Å². The van der Waals surface area contributed by atoms with Crippen molar-refractivity contribution in [2.75, 3.05) is 52.8 Å². The van der Waals surface area contributed by atoms with Gasteiger partial charge in [0, 0.05) is 51.5 Å². The second-order valence-electron chi connectivity index (χ2n) is 7.98. The molecule has 0 spiro atoms. The Morgan fingerprint density at radius 3 is 2.77 bits per heavy atom. The molecule has 0 aliphatic carbocycles. The van der Waals surface area contributed by atoms with Crippen LogP contribution in [0.3, 0.4) is 0 Å². The number of nitrogens with zero attached hydrogens (tertiary/aromatic N) is 5. The van der Waals surface area contributed by atoms with E-state index in [1.54, 1.807) is 7.11 Å². The molecular formula is C22H36IN7O. The van der Waals surface area contributed by atoms with Gasteiger partial charge in [0.1, 0.15) is 5.75 Å². The number of likely N-dealkylation sites (N-methyl/N-ethyl adjacent to an activating group) is 1. The van der Waals surface area contributed by atoms with Crippen LogP contribution in [0.2, 0.25) is 0 Å². The molecule has 0 saturated carbocycles. The Morgan fingerprint density at radius 2 is 2.13 bits per heavy atom. The number of rotatable bonds is 7. The molecule has 0 amide bonds. The molecule has 2 N–H and O–H groups in total. The van der Waals surface area contributed by atoms with Crippen molar-refractivity contribution in [3.63, 3.8) is 0 Å². The lowest BCUT2D eigenvalue weighted by molar-refractivity contribution is 0.297. The summed E-state index contributed by atoms with van der Waals surface area (Å²) in [6, 6.07) is 8.77. The average Bonchev–Trinajstić information content (AvgIpc) is 3.18. The summed E-state index contributed by atoms with van der Waals surface area (Å²) in [7, 11) is 9.67. The second kappa shape index (κ2) is 12.1. The van der Waals surface area contributed by atoms with E-state index in [1.165, 1.54) is 5.56 Å². The summed E-state index contributed by atoms with van der Waals surface area (Å²) in [5.41, 5.74) is 2.34. The molecule has 31 heavy (non-hydrogen) atoms. The van der Waals surface area contributed by atoms with E-state index in [4.69, 9.17) is 4.74 Å². The Labute approximate surface area is 203 Å². The summed E-state index contributed by atoms with van der Waals surface area (Å²) >= 11 is 0. The Morgan fingerprint density at radius 1 is 1.35 bits per heavy atom. The van der Waals surface area contributed by atoms with Gasteiger partial charge in [-0.3, -0.25) is 9.67 Å². The highest BCUT2D eigenvalue weighted by molar-refractivity contribution is 14.0. The molecule has 9 heteroatoms. The fraction of sp³-hybridized carbons (Fsp3) is 0.545. The minimum Gasteiger partial charge on any atom is -0.495 e. The van der Waals surface area contributed by atoms with Crippen LogP contribution in [-0.2, 0) is 7.05 Å². The van der Waals surface area contributed by atoms with Crippen molar-refractivity contribution in [3.8, 4) is 5.75 Å². The van der Waals surface area contributed by atoms with Gasteiger partial charge in [-0.2, -0.15) is 5.10 Å². The number of methoxy groups -OCH3 is 1. The number of hydrogen-bond donors (Lipinski definition) is 2. The summed E-state index contributed by atoms with van der Waals surface area (Å²) < 4.78 is 7.40. The number of nitrogens with one attached hydrogen (secondary N) is 2. The van der Waals surface area contributed by atoms with Gasteiger partial charge >= 0.3 is 0 Å². The molecule has 2 unspecified atom stereocenters. The molecule has 1 aromatic heterocycles. The summed E-state index contributed by atoms with van der Waals surface area (Å²) in [5.74, 6) is 1.75. The Kier molecular flexibility index (Phi) is 9.89. The van der Waals surface area contributed by atoms with Crippen molar-refractivity contribution >= 4 is 35.6 Å². The van der Waals surface area contributed by atoms with Crippen LogP contribution in [0, 0.1) is 0 Å². The number of para-hydroxylation sites is 2. The number of benzene rings is 1. The predicted molar refractivity (Wildman–Crippen MR) is 138 cm³/mol. The molecule has 8 nitrogen and oxygen atoms in total. The highest BCUT2D eigenvalue weighted by Gasteiger charge is 2.23. The molecule has 0 bridgehead atoms. The topological polar surface area (TPSA) is 70.0 Å². The van der Waals surface area contributed by atoms with E-state index in [-0.39, 0.29) is 30.0 Å². The van der Waals surface area contributed by atoms with Crippen LogP contribution in [0.1, 0.15) is 24.4 Å². The summed E-state index contributed by atoms with van der Waals surface area (Å²) in [5, 5.41) is 11.4. The maximum absolute atomic E-state index is 5.56. The first-order valence-electron chi connectivity index (χ1n) is 10.5. The highest BCUT2D eigenvalue weighted by Crippen LogP contribution is 2.29. The lowest BCUT2D eigenvalue weighted by Gasteiger charge is -2.36. The van der Waals surface area contributed by atoms with Gasteiger partial charge in [-0.25, -0.2) is 0 Å². The highest BCUT2D eigenvalue weighted by atomic mass is 127. The van der Waals surface area contributed by atoms with Crippen molar-refractivity contribution in [2.24, 2.45) is 12.0 Å². The third kappa shape index (κ3) is 6.73. The van der Waals surface area contributed by atoms with E-state index in [0.29, 0.717) is 6.04 Å². The summed E-state index contributed by atoms with van der Waals surface area (Å²) in [6.45, 7) is 2.70. The van der Waals surface area contributed by atoms with Crippen LogP contribution >= 0.6 is 24.0 Å². The summed E-state index contributed by atoms with van der Waals surface area (Å²) in [6.07, 6.45) is 6.23. The fourth-order valence-corrected chi connectivity index (χ4v) is 4.00. The van der Waals surface area contributed by atoms with Gasteiger partial charge in [-0.15, -0.1) is 24.0 Å². The van der Waals surface area contributed by atoms with Crippen molar-refractivity contribution in [3.05, 3.63) is 42.2 Å². The van der Waals surface area contributed by atoms with Gasteiger partial charge in [-0.05, 0) is 39.1 Å². The number of anilines is 1. The van der Waals surface area contributed by atoms with Crippen LogP contribution in [0.15, 0.2) is 41.7 Å². The standard InChI is InChI=1S/C22H35N7O.HI/c1-23-22(24-14-20(27(2)3)17-13-25-28(4)15-17)26-18-9-8-12-29(16-18)19-10-6-7-11-21(19)30-5;/h6-7,10-11,13,15,18,20H,8-9,12,14,16H2,1-5H3,(H2,23,24,26);1H. The molecule has 2 aromatic rings. The van der Waals surface area contributed by atoms with Crippen LogP contribution in [0.5, 0.6) is 5.75 Å². The largest absolute Gasteiger partial charge is 0.495 e. The van der Waals surface area contributed by atoms with Crippen molar-refractivity contribution in [1.82, 2.24) is 25.3 Å². The number of halogens is 1. The quantitative estimate of drug-likeness (QED) is 0.319. The van der Waals surface area contributed by atoms with Gasteiger partial charge in [-0.1, -0.05) is 12.1 Å². The zero-order chi connectivity index (χ0) is 21.5. The first-order chi connectivity index (χ1) is 14.5. The molecule has 1 aromatic carbocycles. The van der Waals surface area contributed by atoms with Gasteiger partial charge < -0.3 is 25.2 Å². The zero-order valence-corrected chi connectivity index (χ0v) is 21.5. The Bertz CT molecular complexity index is 839. The molecule has 3 rings (SSSR count). The Hall–Kier alpha value is -2.01. The van der Waals surface area contributed by atoms with Crippen molar-refractivity contribution in [2.45, 2.75) is 24.9 Å². The van der Waals surface area contributed by atoms with E-state index in [2.05, 4.69) is 62.9 Å². The molecule has 2 atom stereocenters. The van der Waals surface area contributed by atoms with E-state index < -0.39 is 0 Å². The maximum atomic E-state index is 5.56. The maximum Gasteiger partial charge on any atom is 0.191 e. The number of ether oxygens (including phenoxy) is 1. The van der Waals surface area contributed by atoms with Crippen molar-refractivity contribution < 1.29 is 4.74 Å². The van der Waals surface area contributed by atoms with E-state index >= 15 is 0 Å². The Balaban J connectivity index is 0.00000341. The number of hydrogen-bond acceptors (Lipinski definition) is 5.